The van der Waals surface area contributed by atoms with Gasteiger partial charge in [-0.2, -0.15) is 0 Å². The van der Waals surface area contributed by atoms with Gasteiger partial charge in [0.05, 0.1) is 18.4 Å². The van der Waals surface area contributed by atoms with E-state index in [9.17, 15) is 4.79 Å². The molecule has 0 spiro atoms. The molecule has 1 aliphatic rings. The van der Waals surface area contributed by atoms with Gasteiger partial charge in [-0.25, -0.2) is 4.98 Å². The molecule has 1 aliphatic carbocycles. The topological polar surface area (TPSA) is 70.1 Å². The van der Waals surface area contributed by atoms with Crippen molar-refractivity contribution in [3.8, 4) is 5.82 Å². The van der Waals surface area contributed by atoms with E-state index in [2.05, 4.69) is 17.1 Å². The molecule has 0 radical (unpaired) electrons. The minimum Gasteiger partial charge on any atom is -0.394 e. The molecule has 3 aromatic rings. The first-order valence-electron chi connectivity index (χ1n) is 8.80. The molecule has 0 amide bonds. The molecule has 26 heavy (non-hydrogen) atoms. The van der Waals surface area contributed by atoms with Crippen molar-refractivity contribution in [2.24, 2.45) is 0 Å². The number of ether oxygens (including phenoxy) is 1. The number of hydrogen-bond donors (Lipinski definition) is 1. The van der Waals surface area contributed by atoms with Crippen molar-refractivity contribution < 1.29 is 4.74 Å². The van der Waals surface area contributed by atoms with Gasteiger partial charge in [-0.05, 0) is 54.2 Å². The fourth-order valence-corrected chi connectivity index (χ4v) is 3.27. The van der Waals surface area contributed by atoms with E-state index in [0.29, 0.717) is 18.3 Å². The largest absolute Gasteiger partial charge is 0.394 e. The second-order valence-electron chi connectivity index (χ2n) is 6.67. The summed E-state index contributed by atoms with van der Waals surface area (Å²) in [6.07, 6.45) is 5.70. The van der Waals surface area contributed by atoms with E-state index in [4.69, 9.17) is 10.5 Å². The number of anilines is 1. The third kappa shape index (κ3) is 3.39. The average Bonchev–Trinajstić information content (AvgIpc) is 2.64. The number of nitrogen functional groups attached to an aromatic ring is 1. The van der Waals surface area contributed by atoms with Gasteiger partial charge in [0.25, 0.3) is 5.56 Å². The van der Waals surface area contributed by atoms with Crippen molar-refractivity contribution in [1.29, 1.82) is 0 Å². The number of pyridine rings is 2. The SMILES string of the molecule is Nc1cccn(-c2cc(C3CC(OCc4ccccc4)C3)ccn2)c1=O. The molecule has 0 atom stereocenters. The molecule has 5 heteroatoms. The van der Waals surface area contributed by atoms with Gasteiger partial charge < -0.3 is 10.5 Å². The molecule has 2 aromatic heterocycles. The predicted octanol–water partition coefficient (Wildman–Crippen LogP) is 3.28. The van der Waals surface area contributed by atoms with Crippen molar-refractivity contribution in [3.63, 3.8) is 0 Å². The molecule has 5 nitrogen and oxygen atoms in total. The summed E-state index contributed by atoms with van der Waals surface area (Å²) in [6, 6.07) is 17.6. The first kappa shape index (κ1) is 16.5. The van der Waals surface area contributed by atoms with Crippen molar-refractivity contribution >= 4 is 5.69 Å². The number of hydrogen-bond acceptors (Lipinski definition) is 4. The second kappa shape index (κ2) is 7.14. The molecule has 1 aromatic carbocycles. The minimum atomic E-state index is -0.241. The molecule has 2 heterocycles. The second-order valence-corrected chi connectivity index (χ2v) is 6.67. The fourth-order valence-electron chi connectivity index (χ4n) is 3.27. The quantitative estimate of drug-likeness (QED) is 0.769. The van der Waals surface area contributed by atoms with Crippen LogP contribution in [0.4, 0.5) is 5.69 Å². The summed E-state index contributed by atoms with van der Waals surface area (Å²) in [7, 11) is 0. The summed E-state index contributed by atoms with van der Waals surface area (Å²) in [5.41, 5.74) is 8.08. The Morgan fingerprint density at radius 1 is 1.12 bits per heavy atom. The Labute approximate surface area is 152 Å². The zero-order valence-electron chi connectivity index (χ0n) is 14.4. The van der Waals surface area contributed by atoms with Crippen LogP contribution in [0.3, 0.4) is 0 Å². The molecule has 0 aliphatic heterocycles. The Balaban J connectivity index is 1.41. The molecular formula is C21H21N3O2. The lowest BCUT2D eigenvalue weighted by Crippen LogP contribution is -2.30. The fraction of sp³-hybridized carbons (Fsp3) is 0.238. The smallest absolute Gasteiger partial charge is 0.279 e. The predicted molar refractivity (Wildman–Crippen MR) is 101 cm³/mol. The van der Waals surface area contributed by atoms with Gasteiger partial charge in [-0.15, -0.1) is 0 Å². The molecule has 1 fully saturated rings. The Hall–Kier alpha value is -2.92. The van der Waals surface area contributed by atoms with Crippen LogP contribution < -0.4 is 11.3 Å². The lowest BCUT2D eigenvalue weighted by molar-refractivity contribution is -0.0207. The highest BCUT2D eigenvalue weighted by atomic mass is 16.5. The summed E-state index contributed by atoms with van der Waals surface area (Å²) in [4.78, 5) is 16.5. The number of rotatable bonds is 5. The highest BCUT2D eigenvalue weighted by Crippen LogP contribution is 2.39. The zero-order chi connectivity index (χ0) is 17.9. The molecule has 1 saturated carbocycles. The van der Waals surface area contributed by atoms with Gasteiger partial charge in [0, 0.05) is 12.4 Å². The third-order valence-corrected chi connectivity index (χ3v) is 4.89. The average molecular weight is 347 g/mol. The van der Waals surface area contributed by atoms with Crippen LogP contribution in [0.5, 0.6) is 0 Å². The Morgan fingerprint density at radius 3 is 2.73 bits per heavy atom. The van der Waals surface area contributed by atoms with E-state index in [-0.39, 0.29) is 17.4 Å². The van der Waals surface area contributed by atoms with Gasteiger partial charge in [-0.1, -0.05) is 30.3 Å². The summed E-state index contributed by atoms with van der Waals surface area (Å²) >= 11 is 0. The Morgan fingerprint density at radius 2 is 1.92 bits per heavy atom. The summed E-state index contributed by atoms with van der Waals surface area (Å²) < 4.78 is 7.47. The normalized spacial score (nSPS) is 19.1. The van der Waals surface area contributed by atoms with Crippen LogP contribution in [0.2, 0.25) is 0 Å². The molecule has 4 rings (SSSR count). The Bertz CT molecular complexity index is 947. The van der Waals surface area contributed by atoms with Crippen LogP contribution in [-0.2, 0) is 11.3 Å². The van der Waals surface area contributed by atoms with Crippen LogP contribution in [0, 0.1) is 0 Å². The van der Waals surface area contributed by atoms with Crippen LogP contribution in [0.15, 0.2) is 71.8 Å². The molecule has 0 saturated heterocycles. The summed E-state index contributed by atoms with van der Waals surface area (Å²) in [6.45, 7) is 0.651. The van der Waals surface area contributed by atoms with Crippen LogP contribution >= 0.6 is 0 Å². The van der Waals surface area contributed by atoms with E-state index in [1.165, 1.54) is 15.7 Å². The van der Waals surface area contributed by atoms with Crippen molar-refractivity contribution in [2.45, 2.75) is 31.5 Å². The van der Waals surface area contributed by atoms with Gasteiger partial charge in [0.2, 0.25) is 0 Å². The molecule has 0 unspecified atom stereocenters. The molecular weight excluding hydrogens is 326 g/mol. The first-order valence-corrected chi connectivity index (χ1v) is 8.80. The van der Waals surface area contributed by atoms with Gasteiger partial charge in [-0.3, -0.25) is 9.36 Å². The number of nitrogens with two attached hydrogens (primary N) is 1. The van der Waals surface area contributed by atoms with Gasteiger partial charge >= 0.3 is 0 Å². The number of nitrogens with zero attached hydrogens (tertiary/aromatic N) is 2. The summed E-state index contributed by atoms with van der Waals surface area (Å²) in [5, 5.41) is 0. The first-order chi connectivity index (χ1) is 12.7. The van der Waals surface area contributed by atoms with Gasteiger partial charge in [0.1, 0.15) is 5.82 Å². The third-order valence-electron chi connectivity index (χ3n) is 4.89. The maximum absolute atomic E-state index is 12.2. The number of aromatic nitrogens is 2. The van der Waals surface area contributed by atoms with E-state index >= 15 is 0 Å². The van der Waals surface area contributed by atoms with Crippen LogP contribution in [0.25, 0.3) is 5.82 Å². The van der Waals surface area contributed by atoms with Crippen molar-refractivity contribution in [3.05, 3.63) is 88.5 Å². The zero-order valence-corrected chi connectivity index (χ0v) is 14.4. The summed E-state index contributed by atoms with van der Waals surface area (Å²) in [5.74, 6) is 1.04. The monoisotopic (exact) mass is 347 g/mol. The number of benzene rings is 1. The lowest BCUT2D eigenvalue weighted by atomic mass is 9.77. The van der Waals surface area contributed by atoms with Gasteiger partial charge in [0.15, 0.2) is 0 Å². The maximum Gasteiger partial charge on any atom is 0.279 e. The van der Waals surface area contributed by atoms with E-state index in [1.54, 1.807) is 24.5 Å². The van der Waals surface area contributed by atoms with Crippen LogP contribution in [-0.4, -0.2) is 15.7 Å². The standard InChI is InChI=1S/C21H21N3O2/c22-19-7-4-10-24(21(19)25)20-13-16(8-9-23-20)17-11-18(12-17)26-14-15-5-2-1-3-6-15/h1-10,13,17-18H,11-12,14,22H2. The van der Waals surface area contributed by atoms with Crippen molar-refractivity contribution in [1.82, 2.24) is 9.55 Å². The highest BCUT2D eigenvalue weighted by molar-refractivity contribution is 5.39. The lowest BCUT2D eigenvalue weighted by Gasteiger charge is -2.35. The van der Waals surface area contributed by atoms with Crippen LogP contribution in [0.1, 0.15) is 29.9 Å². The minimum absolute atomic E-state index is 0.220. The van der Waals surface area contributed by atoms with E-state index < -0.39 is 0 Å². The van der Waals surface area contributed by atoms with E-state index in [0.717, 1.165) is 12.8 Å². The Kier molecular flexibility index (Phi) is 4.54. The van der Waals surface area contributed by atoms with Crippen molar-refractivity contribution in [2.75, 3.05) is 5.73 Å². The molecule has 2 N–H and O–H groups in total. The maximum atomic E-state index is 12.2. The molecule has 0 bridgehead atoms. The highest BCUT2D eigenvalue weighted by Gasteiger charge is 2.31. The molecule has 132 valence electrons. The van der Waals surface area contributed by atoms with E-state index in [1.807, 2.05) is 30.3 Å².